The zero-order valence-electron chi connectivity index (χ0n) is 13.4. The molecule has 0 spiro atoms. The van der Waals surface area contributed by atoms with Crippen LogP contribution in [0.3, 0.4) is 0 Å². The first-order valence-corrected chi connectivity index (χ1v) is 7.58. The second kappa shape index (κ2) is 6.56. The van der Waals surface area contributed by atoms with Gasteiger partial charge in [-0.2, -0.15) is 0 Å². The van der Waals surface area contributed by atoms with Crippen molar-refractivity contribution >= 4 is 23.7 Å². The number of nitrogens with zero attached hydrogens (tertiary/aromatic N) is 2. The Labute approximate surface area is 143 Å². The molecule has 0 aromatic heterocycles. The molecule has 0 saturated carbocycles. The van der Waals surface area contributed by atoms with E-state index in [4.69, 9.17) is 0 Å². The van der Waals surface area contributed by atoms with Gasteiger partial charge in [0.05, 0.1) is 11.5 Å². The van der Waals surface area contributed by atoms with E-state index in [1.54, 1.807) is 0 Å². The summed E-state index contributed by atoms with van der Waals surface area (Å²) in [5.41, 5.74) is 2.61. The van der Waals surface area contributed by atoms with Gasteiger partial charge in [-0.1, -0.05) is 29.8 Å². The van der Waals surface area contributed by atoms with Gasteiger partial charge in [-0.05, 0) is 36.3 Å². The van der Waals surface area contributed by atoms with Gasteiger partial charge in [0, 0.05) is 12.1 Å². The fraction of sp³-hybridized carbons (Fsp3) is 0.111. The van der Waals surface area contributed by atoms with Gasteiger partial charge in [0.1, 0.15) is 5.70 Å². The van der Waals surface area contributed by atoms with E-state index in [-0.39, 0.29) is 17.9 Å². The Hall–Kier alpha value is -3.48. The molecule has 2 aromatic carbocycles. The third-order valence-electron chi connectivity index (χ3n) is 3.80. The summed E-state index contributed by atoms with van der Waals surface area (Å²) in [6.07, 6.45) is 1.50. The summed E-state index contributed by atoms with van der Waals surface area (Å²) in [5.74, 6) is -0.426. The average molecular weight is 337 g/mol. The molecule has 3 amide bonds. The average Bonchev–Trinajstić information content (AvgIpc) is 2.83. The number of carbonyl (C=O) groups excluding carboxylic acids is 2. The standard InChI is InChI=1S/C18H15N3O4/c1-12-3-2-4-14(9-12)11-20-17(22)16(19-18(20)23)10-13-5-7-15(8-6-13)21(24)25/h2-10H,11H2,1H3,(H,19,23)/b16-10+. The number of amides is 3. The van der Waals surface area contributed by atoms with Crippen molar-refractivity contribution in [3.8, 4) is 0 Å². The van der Waals surface area contributed by atoms with Crippen molar-refractivity contribution in [3.63, 3.8) is 0 Å². The number of non-ortho nitro benzene ring substituents is 1. The van der Waals surface area contributed by atoms with E-state index in [1.807, 2.05) is 31.2 Å². The molecule has 1 aliphatic rings. The fourth-order valence-electron chi connectivity index (χ4n) is 2.57. The smallest absolute Gasteiger partial charge is 0.303 e. The predicted molar refractivity (Wildman–Crippen MR) is 91.3 cm³/mol. The maximum Gasteiger partial charge on any atom is 0.329 e. The number of nitro groups is 1. The van der Waals surface area contributed by atoms with E-state index in [1.165, 1.54) is 30.3 Å². The maximum atomic E-state index is 12.5. The number of rotatable bonds is 4. The number of urea groups is 1. The Bertz CT molecular complexity index is 887. The molecule has 7 nitrogen and oxygen atoms in total. The van der Waals surface area contributed by atoms with Crippen LogP contribution in [-0.2, 0) is 11.3 Å². The molecule has 0 atom stereocenters. The van der Waals surface area contributed by atoms with Crippen LogP contribution >= 0.6 is 0 Å². The zero-order valence-corrected chi connectivity index (χ0v) is 13.4. The zero-order chi connectivity index (χ0) is 18.0. The number of imide groups is 1. The van der Waals surface area contributed by atoms with E-state index in [0.717, 1.165) is 16.0 Å². The van der Waals surface area contributed by atoms with Crippen LogP contribution in [0.1, 0.15) is 16.7 Å². The molecule has 0 radical (unpaired) electrons. The van der Waals surface area contributed by atoms with Crippen molar-refractivity contribution in [2.45, 2.75) is 13.5 Å². The minimum atomic E-state index is -0.497. The number of carbonyl (C=O) groups is 2. The lowest BCUT2D eigenvalue weighted by Gasteiger charge is -2.12. The van der Waals surface area contributed by atoms with Gasteiger partial charge in [-0.15, -0.1) is 0 Å². The molecule has 7 heteroatoms. The number of benzene rings is 2. The first kappa shape index (κ1) is 16.4. The molecule has 1 fully saturated rings. The van der Waals surface area contributed by atoms with E-state index >= 15 is 0 Å². The van der Waals surface area contributed by atoms with Crippen molar-refractivity contribution in [1.82, 2.24) is 10.2 Å². The summed E-state index contributed by atoms with van der Waals surface area (Å²) in [7, 11) is 0. The van der Waals surface area contributed by atoms with Gasteiger partial charge in [0.25, 0.3) is 11.6 Å². The third-order valence-corrected chi connectivity index (χ3v) is 3.80. The molecule has 0 bridgehead atoms. The van der Waals surface area contributed by atoms with Crippen LogP contribution < -0.4 is 5.32 Å². The van der Waals surface area contributed by atoms with Crippen LogP contribution in [0.15, 0.2) is 54.2 Å². The quantitative estimate of drug-likeness (QED) is 0.402. The minimum absolute atomic E-state index is 0.0370. The molecule has 25 heavy (non-hydrogen) atoms. The van der Waals surface area contributed by atoms with Crippen LogP contribution in [0, 0.1) is 17.0 Å². The first-order chi connectivity index (χ1) is 11.9. The first-order valence-electron chi connectivity index (χ1n) is 7.58. The number of nitrogens with one attached hydrogen (secondary N) is 1. The lowest BCUT2D eigenvalue weighted by atomic mass is 10.1. The lowest BCUT2D eigenvalue weighted by molar-refractivity contribution is -0.384. The van der Waals surface area contributed by atoms with Crippen molar-refractivity contribution in [2.24, 2.45) is 0 Å². The van der Waals surface area contributed by atoms with Crippen LogP contribution in [0.25, 0.3) is 6.08 Å². The Kier molecular flexibility index (Phi) is 4.30. The Morgan fingerprint density at radius 3 is 2.52 bits per heavy atom. The van der Waals surface area contributed by atoms with Gasteiger partial charge in [0.15, 0.2) is 0 Å². The molecular weight excluding hydrogens is 322 g/mol. The molecule has 2 aromatic rings. The van der Waals surface area contributed by atoms with Crippen molar-refractivity contribution in [2.75, 3.05) is 0 Å². The highest BCUT2D eigenvalue weighted by Gasteiger charge is 2.33. The van der Waals surface area contributed by atoms with Gasteiger partial charge in [0.2, 0.25) is 0 Å². The second-order valence-corrected chi connectivity index (χ2v) is 5.72. The normalized spacial score (nSPS) is 15.6. The van der Waals surface area contributed by atoms with Crippen LogP contribution in [0.5, 0.6) is 0 Å². The van der Waals surface area contributed by atoms with E-state index in [9.17, 15) is 19.7 Å². The van der Waals surface area contributed by atoms with E-state index in [2.05, 4.69) is 5.32 Å². The highest BCUT2D eigenvalue weighted by molar-refractivity contribution is 6.13. The van der Waals surface area contributed by atoms with Crippen LogP contribution in [0.4, 0.5) is 10.5 Å². The van der Waals surface area contributed by atoms with Gasteiger partial charge in [-0.25, -0.2) is 4.79 Å². The maximum absolute atomic E-state index is 12.5. The highest BCUT2D eigenvalue weighted by Crippen LogP contribution is 2.19. The summed E-state index contributed by atoms with van der Waals surface area (Å²) < 4.78 is 0. The molecule has 1 saturated heterocycles. The van der Waals surface area contributed by atoms with E-state index in [0.29, 0.717) is 5.56 Å². The highest BCUT2D eigenvalue weighted by atomic mass is 16.6. The molecule has 1 heterocycles. The monoisotopic (exact) mass is 337 g/mol. The predicted octanol–water partition coefficient (Wildman–Crippen LogP) is 3.00. The van der Waals surface area contributed by atoms with Gasteiger partial charge < -0.3 is 5.32 Å². The summed E-state index contributed by atoms with van der Waals surface area (Å²) in [6, 6.07) is 12.8. The number of hydrogen-bond acceptors (Lipinski definition) is 4. The molecule has 3 rings (SSSR count). The Balaban J connectivity index is 1.79. The molecular formula is C18H15N3O4. The molecule has 0 aliphatic carbocycles. The van der Waals surface area contributed by atoms with Crippen molar-refractivity contribution in [3.05, 3.63) is 81.0 Å². The summed E-state index contributed by atoms with van der Waals surface area (Å²) in [5, 5.41) is 13.2. The number of hydrogen-bond donors (Lipinski definition) is 1. The molecule has 126 valence electrons. The SMILES string of the molecule is Cc1cccc(CN2C(=O)N/C(=C/c3ccc([N+](=O)[O-])cc3)C2=O)c1. The summed E-state index contributed by atoms with van der Waals surface area (Å²) >= 11 is 0. The van der Waals surface area contributed by atoms with E-state index < -0.39 is 16.9 Å². The van der Waals surface area contributed by atoms with Crippen molar-refractivity contribution in [1.29, 1.82) is 0 Å². The topological polar surface area (TPSA) is 92.6 Å². The van der Waals surface area contributed by atoms with Gasteiger partial charge >= 0.3 is 6.03 Å². The minimum Gasteiger partial charge on any atom is -0.303 e. The van der Waals surface area contributed by atoms with Crippen molar-refractivity contribution < 1.29 is 14.5 Å². The van der Waals surface area contributed by atoms with Gasteiger partial charge in [-0.3, -0.25) is 19.8 Å². The summed E-state index contributed by atoms with van der Waals surface area (Å²) in [6.45, 7) is 2.12. The lowest BCUT2D eigenvalue weighted by Crippen LogP contribution is -2.30. The third kappa shape index (κ3) is 3.55. The summed E-state index contributed by atoms with van der Waals surface area (Å²) in [4.78, 5) is 35.8. The Morgan fingerprint density at radius 2 is 1.88 bits per heavy atom. The van der Waals surface area contributed by atoms with Crippen LogP contribution in [0.2, 0.25) is 0 Å². The largest absolute Gasteiger partial charge is 0.329 e. The number of nitro benzene ring substituents is 1. The Morgan fingerprint density at radius 1 is 1.16 bits per heavy atom. The molecule has 1 N–H and O–H groups in total. The molecule has 1 aliphatic heterocycles. The fourth-order valence-corrected chi connectivity index (χ4v) is 2.57. The second-order valence-electron chi connectivity index (χ2n) is 5.72. The molecule has 0 unspecified atom stereocenters. The van der Waals surface area contributed by atoms with Crippen LogP contribution in [-0.4, -0.2) is 21.8 Å². The number of aryl methyl sites for hydroxylation is 1.